The highest BCUT2D eigenvalue weighted by Crippen LogP contribution is 2.30. The number of carboxylic acids is 1. The van der Waals surface area contributed by atoms with Gasteiger partial charge in [-0.3, -0.25) is 9.69 Å². The SMILES string of the molecule is CCOc1c(C)cc(Cl)cc1CN1CCC(C(=O)O)CC1. The van der Waals surface area contributed by atoms with Crippen molar-refractivity contribution in [1.29, 1.82) is 0 Å². The number of benzene rings is 1. The summed E-state index contributed by atoms with van der Waals surface area (Å²) in [6.45, 7) is 6.94. The lowest BCUT2D eigenvalue weighted by Gasteiger charge is -2.30. The normalized spacial score (nSPS) is 16.9. The van der Waals surface area contributed by atoms with Crippen molar-refractivity contribution < 1.29 is 14.6 Å². The fourth-order valence-electron chi connectivity index (χ4n) is 2.85. The standard InChI is InChI=1S/C16H22ClNO3/c1-3-21-15-11(2)8-14(17)9-13(15)10-18-6-4-12(5-7-18)16(19)20/h8-9,12H,3-7,10H2,1-2H3,(H,19,20). The van der Waals surface area contributed by atoms with Crippen LogP contribution in [0.4, 0.5) is 0 Å². The van der Waals surface area contributed by atoms with Gasteiger partial charge >= 0.3 is 5.97 Å². The predicted octanol–water partition coefficient (Wildman–Crippen LogP) is 3.34. The largest absolute Gasteiger partial charge is 0.493 e. The minimum atomic E-state index is -0.678. The second kappa shape index (κ2) is 7.14. The van der Waals surface area contributed by atoms with Crippen LogP contribution < -0.4 is 4.74 Å². The molecule has 21 heavy (non-hydrogen) atoms. The van der Waals surface area contributed by atoms with Gasteiger partial charge in [0.25, 0.3) is 0 Å². The van der Waals surface area contributed by atoms with E-state index in [0.717, 1.165) is 36.5 Å². The summed E-state index contributed by atoms with van der Waals surface area (Å²) in [5.41, 5.74) is 2.12. The van der Waals surface area contributed by atoms with E-state index in [1.54, 1.807) is 0 Å². The number of hydrogen-bond acceptors (Lipinski definition) is 3. The summed E-state index contributed by atoms with van der Waals surface area (Å²) < 4.78 is 5.74. The number of hydrogen-bond donors (Lipinski definition) is 1. The van der Waals surface area contributed by atoms with Gasteiger partial charge in [0, 0.05) is 17.1 Å². The molecule has 0 unspecified atom stereocenters. The van der Waals surface area contributed by atoms with Crippen LogP contribution in [0, 0.1) is 12.8 Å². The molecule has 0 aromatic heterocycles. The molecule has 1 aromatic rings. The average molecular weight is 312 g/mol. The second-order valence-electron chi connectivity index (χ2n) is 5.53. The number of carboxylic acid groups (broad SMARTS) is 1. The molecule has 0 aliphatic carbocycles. The summed E-state index contributed by atoms with van der Waals surface area (Å²) in [6, 6.07) is 3.86. The molecule has 116 valence electrons. The summed E-state index contributed by atoms with van der Waals surface area (Å²) >= 11 is 6.15. The van der Waals surface area contributed by atoms with Crippen molar-refractivity contribution in [1.82, 2.24) is 4.90 Å². The van der Waals surface area contributed by atoms with Gasteiger partial charge in [0.05, 0.1) is 12.5 Å². The number of piperidine rings is 1. The fourth-order valence-corrected chi connectivity index (χ4v) is 3.14. The van der Waals surface area contributed by atoms with E-state index in [9.17, 15) is 4.79 Å². The summed E-state index contributed by atoms with van der Waals surface area (Å²) in [4.78, 5) is 13.3. The maximum atomic E-state index is 11.0. The van der Waals surface area contributed by atoms with Crippen LogP contribution in [0.2, 0.25) is 5.02 Å². The molecular weight excluding hydrogens is 290 g/mol. The van der Waals surface area contributed by atoms with Gasteiger partial charge in [0.2, 0.25) is 0 Å². The smallest absolute Gasteiger partial charge is 0.306 e. The molecule has 0 amide bonds. The Morgan fingerprint density at radius 1 is 1.43 bits per heavy atom. The van der Waals surface area contributed by atoms with E-state index in [0.29, 0.717) is 24.5 Å². The van der Waals surface area contributed by atoms with Gasteiger partial charge in [-0.2, -0.15) is 0 Å². The Bertz CT molecular complexity index is 510. The molecule has 0 radical (unpaired) electrons. The van der Waals surface area contributed by atoms with E-state index >= 15 is 0 Å². The molecule has 0 spiro atoms. The zero-order valence-electron chi connectivity index (χ0n) is 12.6. The minimum absolute atomic E-state index is 0.200. The Hall–Kier alpha value is -1.26. The molecule has 1 heterocycles. The number of likely N-dealkylation sites (tertiary alicyclic amines) is 1. The lowest BCUT2D eigenvalue weighted by atomic mass is 9.96. The second-order valence-corrected chi connectivity index (χ2v) is 5.97. The third kappa shape index (κ3) is 4.11. The molecule has 1 N–H and O–H groups in total. The van der Waals surface area contributed by atoms with Gasteiger partial charge in [0.1, 0.15) is 5.75 Å². The summed E-state index contributed by atoms with van der Waals surface area (Å²) in [5.74, 6) is 0.0271. The molecule has 1 aliphatic rings. The summed E-state index contributed by atoms with van der Waals surface area (Å²) in [7, 11) is 0. The van der Waals surface area contributed by atoms with Crippen molar-refractivity contribution >= 4 is 17.6 Å². The molecule has 1 fully saturated rings. The van der Waals surface area contributed by atoms with Crippen molar-refractivity contribution in [3.05, 3.63) is 28.3 Å². The molecule has 2 rings (SSSR count). The molecule has 1 aromatic carbocycles. The van der Waals surface area contributed by atoms with Crippen LogP contribution in [-0.2, 0) is 11.3 Å². The first-order chi connectivity index (χ1) is 10.0. The Labute approximate surface area is 130 Å². The van der Waals surface area contributed by atoms with Gasteiger partial charge in [-0.05, 0) is 57.5 Å². The zero-order chi connectivity index (χ0) is 15.4. The molecule has 1 saturated heterocycles. The minimum Gasteiger partial charge on any atom is -0.493 e. The number of carbonyl (C=O) groups is 1. The van der Waals surface area contributed by atoms with Crippen molar-refractivity contribution in [3.8, 4) is 5.75 Å². The van der Waals surface area contributed by atoms with E-state index < -0.39 is 5.97 Å². The van der Waals surface area contributed by atoms with Crippen LogP contribution >= 0.6 is 11.6 Å². The fraction of sp³-hybridized carbons (Fsp3) is 0.562. The van der Waals surface area contributed by atoms with Gasteiger partial charge in [-0.1, -0.05) is 11.6 Å². The Morgan fingerprint density at radius 3 is 2.67 bits per heavy atom. The summed E-state index contributed by atoms with van der Waals surface area (Å²) in [5, 5.41) is 9.76. The number of aliphatic carboxylic acids is 1. The molecule has 4 nitrogen and oxygen atoms in total. The quantitative estimate of drug-likeness (QED) is 0.906. The van der Waals surface area contributed by atoms with Crippen molar-refractivity contribution in [2.24, 2.45) is 5.92 Å². The highest BCUT2D eigenvalue weighted by Gasteiger charge is 2.25. The van der Waals surface area contributed by atoms with Crippen LogP contribution in [0.3, 0.4) is 0 Å². The number of rotatable bonds is 5. The van der Waals surface area contributed by atoms with Crippen molar-refractivity contribution in [2.75, 3.05) is 19.7 Å². The lowest BCUT2D eigenvalue weighted by molar-refractivity contribution is -0.143. The first-order valence-electron chi connectivity index (χ1n) is 7.38. The Morgan fingerprint density at radius 2 is 2.10 bits per heavy atom. The van der Waals surface area contributed by atoms with Gasteiger partial charge in [-0.15, -0.1) is 0 Å². The Kier molecular flexibility index (Phi) is 5.48. The van der Waals surface area contributed by atoms with Gasteiger partial charge < -0.3 is 9.84 Å². The van der Waals surface area contributed by atoms with Crippen LogP contribution in [0.1, 0.15) is 30.9 Å². The molecule has 5 heteroatoms. The average Bonchev–Trinajstić information content (AvgIpc) is 2.43. The number of ether oxygens (including phenoxy) is 1. The molecule has 0 atom stereocenters. The lowest BCUT2D eigenvalue weighted by Crippen LogP contribution is -2.35. The molecular formula is C16H22ClNO3. The van der Waals surface area contributed by atoms with Crippen molar-refractivity contribution in [3.63, 3.8) is 0 Å². The van der Waals surface area contributed by atoms with Crippen LogP contribution in [-0.4, -0.2) is 35.7 Å². The predicted molar refractivity (Wildman–Crippen MR) is 83.0 cm³/mol. The first-order valence-corrected chi connectivity index (χ1v) is 7.76. The molecule has 0 saturated carbocycles. The van der Waals surface area contributed by atoms with E-state index in [2.05, 4.69) is 4.90 Å². The maximum Gasteiger partial charge on any atom is 0.306 e. The summed E-state index contributed by atoms with van der Waals surface area (Å²) in [6.07, 6.45) is 1.41. The number of halogens is 1. The van der Waals surface area contributed by atoms with E-state index in [4.69, 9.17) is 21.4 Å². The number of nitrogens with zero attached hydrogens (tertiary/aromatic N) is 1. The van der Waals surface area contributed by atoms with Crippen molar-refractivity contribution in [2.45, 2.75) is 33.2 Å². The molecule has 0 bridgehead atoms. The third-order valence-electron chi connectivity index (χ3n) is 3.94. The Balaban J connectivity index is 2.08. The topological polar surface area (TPSA) is 49.8 Å². The highest BCUT2D eigenvalue weighted by molar-refractivity contribution is 6.30. The monoisotopic (exact) mass is 311 g/mol. The number of aryl methyl sites for hydroxylation is 1. The van der Waals surface area contributed by atoms with Crippen LogP contribution in [0.25, 0.3) is 0 Å². The van der Waals surface area contributed by atoms with Crippen LogP contribution in [0.5, 0.6) is 5.75 Å². The van der Waals surface area contributed by atoms with E-state index in [1.165, 1.54) is 0 Å². The maximum absolute atomic E-state index is 11.0. The van der Waals surface area contributed by atoms with E-state index in [-0.39, 0.29) is 5.92 Å². The zero-order valence-corrected chi connectivity index (χ0v) is 13.3. The van der Waals surface area contributed by atoms with Crippen LogP contribution in [0.15, 0.2) is 12.1 Å². The highest BCUT2D eigenvalue weighted by atomic mass is 35.5. The van der Waals surface area contributed by atoms with Gasteiger partial charge in [0.15, 0.2) is 0 Å². The third-order valence-corrected chi connectivity index (χ3v) is 4.15. The molecule has 1 aliphatic heterocycles. The van der Waals surface area contributed by atoms with Gasteiger partial charge in [-0.25, -0.2) is 0 Å². The van der Waals surface area contributed by atoms with E-state index in [1.807, 2.05) is 26.0 Å². The first kappa shape index (κ1) is 16.1.